The Morgan fingerprint density at radius 1 is 1.03 bits per heavy atom. The number of carbonyl (C=O) groups excluding carboxylic acids is 1. The van der Waals surface area contributed by atoms with Crippen LogP contribution in [0, 0.1) is 0 Å². The maximum atomic E-state index is 12.3. The Labute approximate surface area is 203 Å². The highest BCUT2D eigenvalue weighted by molar-refractivity contribution is 6.62. The van der Waals surface area contributed by atoms with Crippen molar-refractivity contribution in [2.75, 3.05) is 11.9 Å². The number of aryl methyl sites for hydroxylation is 1. The van der Waals surface area contributed by atoms with Gasteiger partial charge in [0.15, 0.2) is 5.82 Å². The van der Waals surface area contributed by atoms with Gasteiger partial charge >= 0.3 is 7.12 Å². The van der Waals surface area contributed by atoms with Gasteiger partial charge in [-0.05, 0) is 57.4 Å². The molecule has 184 valence electrons. The molecule has 1 aliphatic rings. The third-order valence-corrected chi connectivity index (χ3v) is 6.28. The zero-order valence-electron chi connectivity index (χ0n) is 20.3. The molecule has 2 heterocycles. The Morgan fingerprint density at radius 2 is 1.63 bits per heavy atom. The predicted molar refractivity (Wildman–Crippen MR) is 130 cm³/mol. The Kier molecular flexibility index (Phi) is 6.65. The Bertz CT molecular complexity index is 1180. The first-order valence-corrected chi connectivity index (χ1v) is 11.3. The molecular weight excluding hydrogens is 455 g/mol. The lowest BCUT2D eigenvalue weighted by molar-refractivity contribution is 0.00578. The van der Waals surface area contributed by atoms with E-state index in [4.69, 9.17) is 9.31 Å². The van der Waals surface area contributed by atoms with Crippen LogP contribution in [0.25, 0.3) is 11.4 Å². The van der Waals surface area contributed by atoms with E-state index in [1.807, 2.05) is 52.0 Å². The number of anilines is 2. The average molecular weight is 483 g/mol. The van der Waals surface area contributed by atoms with Gasteiger partial charge in [-0.2, -0.15) is 4.98 Å². The first-order valence-electron chi connectivity index (χ1n) is 11.3. The number of rotatable bonds is 7. The fourth-order valence-electron chi connectivity index (χ4n) is 3.49. The van der Waals surface area contributed by atoms with Gasteiger partial charge in [-0.15, -0.1) is 5.10 Å². The van der Waals surface area contributed by atoms with Gasteiger partial charge < -0.3 is 19.9 Å². The van der Waals surface area contributed by atoms with Gasteiger partial charge in [0.25, 0.3) is 12.3 Å². The fraction of sp³-hybridized carbons (Fsp3) is 0.375. The maximum absolute atomic E-state index is 12.3. The van der Waals surface area contributed by atoms with Crippen molar-refractivity contribution in [1.82, 2.24) is 20.1 Å². The zero-order valence-corrected chi connectivity index (χ0v) is 20.3. The van der Waals surface area contributed by atoms with Gasteiger partial charge in [-0.1, -0.05) is 24.3 Å². The van der Waals surface area contributed by atoms with E-state index in [1.165, 1.54) is 0 Å². The number of amides is 1. The highest BCUT2D eigenvalue weighted by atomic mass is 19.3. The molecule has 2 N–H and O–H groups in total. The highest BCUT2D eigenvalue weighted by Gasteiger charge is 2.51. The largest absolute Gasteiger partial charge is 0.494 e. The van der Waals surface area contributed by atoms with Gasteiger partial charge in [0, 0.05) is 23.9 Å². The van der Waals surface area contributed by atoms with Crippen molar-refractivity contribution in [3.63, 3.8) is 0 Å². The molecule has 2 aromatic carbocycles. The van der Waals surface area contributed by atoms with Crippen molar-refractivity contribution >= 4 is 30.1 Å². The molecule has 0 unspecified atom stereocenters. The second-order valence-electron chi connectivity index (χ2n) is 9.40. The van der Waals surface area contributed by atoms with Crippen LogP contribution >= 0.6 is 0 Å². The summed E-state index contributed by atoms with van der Waals surface area (Å²) < 4.78 is 38.4. The minimum atomic E-state index is -2.60. The van der Waals surface area contributed by atoms with E-state index in [2.05, 4.69) is 20.7 Å². The summed E-state index contributed by atoms with van der Waals surface area (Å²) in [6.07, 6.45) is -2.60. The molecule has 35 heavy (non-hydrogen) atoms. The summed E-state index contributed by atoms with van der Waals surface area (Å²) in [6, 6.07) is 14.2. The molecule has 0 bridgehead atoms. The summed E-state index contributed by atoms with van der Waals surface area (Å²) in [6.45, 7) is 7.39. The monoisotopic (exact) mass is 483 g/mol. The number of carbonyl (C=O) groups is 1. The number of alkyl halides is 2. The Balaban J connectivity index is 1.43. The summed E-state index contributed by atoms with van der Waals surface area (Å²) in [4.78, 5) is 16.5. The van der Waals surface area contributed by atoms with E-state index in [1.54, 1.807) is 36.0 Å². The molecule has 0 spiro atoms. The average Bonchev–Trinajstić information content (AvgIpc) is 3.27. The molecule has 4 rings (SSSR count). The van der Waals surface area contributed by atoms with Crippen molar-refractivity contribution < 1.29 is 22.9 Å². The van der Waals surface area contributed by atoms with Crippen LogP contribution in [-0.2, 0) is 16.4 Å². The van der Waals surface area contributed by atoms with Crippen molar-refractivity contribution in [3.8, 4) is 11.4 Å². The lowest BCUT2D eigenvalue weighted by Gasteiger charge is -2.32. The molecule has 1 fully saturated rings. The molecule has 0 atom stereocenters. The molecular formula is C24H28BF2N5O3. The quantitative estimate of drug-likeness (QED) is 0.500. The molecule has 11 heteroatoms. The van der Waals surface area contributed by atoms with Crippen molar-refractivity contribution in [2.24, 2.45) is 7.05 Å². The van der Waals surface area contributed by atoms with Gasteiger partial charge in [0.05, 0.1) is 17.7 Å². The SMILES string of the molecule is Cn1nc(-c2ccc(C(=O)NCC(F)F)cc2)nc1Nc1ccc(B2OC(C)(C)C(C)(C)O2)cc1. The number of halogens is 2. The third-order valence-electron chi connectivity index (χ3n) is 6.28. The minimum absolute atomic E-state index is 0.283. The molecule has 0 aliphatic carbocycles. The van der Waals surface area contributed by atoms with E-state index in [0.717, 1.165) is 11.2 Å². The number of hydrogen-bond donors (Lipinski definition) is 2. The van der Waals surface area contributed by atoms with Crippen LogP contribution in [0.4, 0.5) is 20.4 Å². The van der Waals surface area contributed by atoms with E-state index in [0.29, 0.717) is 17.3 Å². The van der Waals surface area contributed by atoms with Gasteiger partial charge in [0.1, 0.15) is 0 Å². The normalized spacial score (nSPS) is 16.5. The molecule has 0 saturated carbocycles. The first kappa shape index (κ1) is 24.8. The van der Waals surface area contributed by atoms with Gasteiger partial charge in [0.2, 0.25) is 5.95 Å². The maximum Gasteiger partial charge on any atom is 0.494 e. The number of aromatic nitrogens is 3. The van der Waals surface area contributed by atoms with E-state index in [9.17, 15) is 13.6 Å². The van der Waals surface area contributed by atoms with E-state index in [-0.39, 0.29) is 5.56 Å². The van der Waals surface area contributed by atoms with E-state index < -0.39 is 37.2 Å². The standard InChI is InChI=1S/C24H28BF2N5O3/c1-23(2)24(3,4)35-25(34-23)17-10-12-18(13-11-17)29-22-30-20(31-32(22)5)15-6-8-16(9-7-15)21(33)28-14-19(26)27/h6-13,19H,14H2,1-5H3,(H,28,33)(H,29,30,31). The molecule has 1 amide bonds. The Morgan fingerprint density at radius 3 is 2.20 bits per heavy atom. The lowest BCUT2D eigenvalue weighted by atomic mass is 9.79. The predicted octanol–water partition coefficient (Wildman–Crippen LogP) is 3.52. The summed E-state index contributed by atoms with van der Waals surface area (Å²) in [7, 11) is 1.33. The summed E-state index contributed by atoms with van der Waals surface area (Å²) in [5.41, 5.74) is 1.90. The summed E-state index contributed by atoms with van der Waals surface area (Å²) in [5.74, 6) is 0.433. The first-order chi connectivity index (χ1) is 16.4. The summed E-state index contributed by atoms with van der Waals surface area (Å²) >= 11 is 0. The highest BCUT2D eigenvalue weighted by Crippen LogP contribution is 2.36. The lowest BCUT2D eigenvalue weighted by Crippen LogP contribution is -2.41. The second-order valence-corrected chi connectivity index (χ2v) is 9.40. The van der Waals surface area contributed by atoms with Crippen LogP contribution in [0.1, 0.15) is 38.1 Å². The molecule has 1 saturated heterocycles. The van der Waals surface area contributed by atoms with E-state index >= 15 is 0 Å². The fourth-order valence-corrected chi connectivity index (χ4v) is 3.49. The molecule has 1 aromatic heterocycles. The number of hydrogen-bond acceptors (Lipinski definition) is 6. The number of nitrogens with one attached hydrogen (secondary N) is 2. The molecule has 8 nitrogen and oxygen atoms in total. The Hall–Kier alpha value is -3.31. The zero-order chi connectivity index (χ0) is 25.4. The second kappa shape index (κ2) is 9.39. The van der Waals surface area contributed by atoms with Crippen LogP contribution in [0.3, 0.4) is 0 Å². The molecule has 3 aromatic rings. The minimum Gasteiger partial charge on any atom is -0.399 e. The van der Waals surface area contributed by atoms with Crippen LogP contribution < -0.4 is 16.1 Å². The smallest absolute Gasteiger partial charge is 0.399 e. The number of benzene rings is 2. The van der Waals surface area contributed by atoms with Crippen molar-refractivity contribution in [3.05, 3.63) is 54.1 Å². The van der Waals surface area contributed by atoms with Crippen LogP contribution in [-0.4, -0.2) is 52.0 Å². The van der Waals surface area contributed by atoms with Crippen molar-refractivity contribution in [2.45, 2.75) is 45.3 Å². The van der Waals surface area contributed by atoms with Gasteiger partial charge in [-0.25, -0.2) is 13.5 Å². The number of nitrogens with zero attached hydrogens (tertiary/aromatic N) is 3. The summed E-state index contributed by atoms with van der Waals surface area (Å²) in [5, 5.41) is 9.85. The van der Waals surface area contributed by atoms with Crippen LogP contribution in [0.2, 0.25) is 0 Å². The molecule has 0 radical (unpaired) electrons. The van der Waals surface area contributed by atoms with Gasteiger partial charge in [-0.3, -0.25) is 4.79 Å². The van der Waals surface area contributed by atoms with Crippen LogP contribution in [0.15, 0.2) is 48.5 Å². The van der Waals surface area contributed by atoms with Crippen molar-refractivity contribution in [1.29, 1.82) is 0 Å². The third kappa shape index (κ3) is 5.36. The van der Waals surface area contributed by atoms with Crippen LogP contribution in [0.5, 0.6) is 0 Å². The topological polar surface area (TPSA) is 90.3 Å². The molecule has 1 aliphatic heterocycles.